The molecule has 1 saturated carbocycles. The number of rotatable bonds is 0. The first-order valence-electron chi connectivity index (χ1n) is 4.64. The van der Waals surface area contributed by atoms with Gasteiger partial charge in [-0.15, -0.1) is 0 Å². The molecule has 2 atom stereocenters. The Kier molecular flexibility index (Phi) is 1.90. The second-order valence-corrected chi connectivity index (χ2v) is 4.16. The molecule has 2 rings (SSSR count). The van der Waals surface area contributed by atoms with Crippen molar-refractivity contribution in [3.8, 4) is 0 Å². The summed E-state index contributed by atoms with van der Waals surface area (Å²) in [6.45, 7) is 2.22. The van der Waals surface area contributed by atoms with Gasteiger partial charge in [-0.05, 0) is 31.7 Å². The molecule has 2 bridgehead atoms. The number of hydrogen-bond donors (Lipinski definition) is 1. The monoisotopic (exact) mass is 155 g/mol. The maximum Gasteiger partial charge on any atom is 0.0620 e. The number of likely N-dealkylation sites (tertiary alicyclic amines) is 1. The van der Waals surface area contributed by atoms with Crippen LogP contribution in [0.4, 0.5) is 0 Å². The molecular weight excluding hydrogens is 138 g/mol. The summed E-state index contributed by atoms with van der Waals surface area (Å²) >= 11 is 0. The molecule has 1 heterocycles. The number of hydrogen-bond acceptors (Lipinski definition) is 2. The van der Waals surface area contributed by atoms with Crippen molar-refractivity contribution in [2.75, 3.05) is 20.1 Å². The maximum absolute atomic E-state index is 9.78. The normalized spacial score (nSPS) is 45.8. The van der Waals surface area contributed by atoms with E-state index in [4.69, 9.17) is 0 Å². The second kappa shape index (κ2) is 2.76. The van der Waals surface area contributed by atoms with Gasteiger partial charge in [0.05, 0.1) is 6.10 Å². The predicted molar refractivity (Wildman–Crippen MR) is 44.3 cm³/mol. The third kappa shape index (κ3) is 1.30. The van der Waals surface area contributed by atoms with Gasteiger partial charge in [0.1, 0.15) is 0 Å². The molecule has 1 aliphatic heterocycles. The number of piperidine rings is 1. The predicted octanol–water partition coefficient (Wildman–Crippen LogP) is 0.709. The lowest BCUT2D eigenvalue weighted by atomic mass is 9.75. The van der Waals surface area contributed by atoms with Crippen molar-refractivity contribution in [1.82, 2.24) is 4.90 Å². The molecule has 64 valence electrons. The average Bonchev–Trinajstić information content (AvgIpc) is 1.92. The summed E-state index contributed by atoms with van der Waals surface area (Å²) in [7, 11) is 2.16. The zero-order chi connectivity index (χ0) is 7.84. The lowest BCUT2D eigenvalue weighted by Crippen LogP contribution is -2.49. The van der Waals surface area contributed by atoms with Gasteiger partial charge < -0.3 is 10.0 Å². The highest BCUT2D eigenvalue weighted by Crippen LogP contribution is 2.33. The summed E-state index contributed by atoms with van der Waals surface area (Å²) in [6.07, 6.45) is 3.82. The highest BCUT2D eigenvalue weighted by Gasteiger charge is 2.36. The van der Waals surface area contributed by atoms with E-state index in [9.17, 15) is 5.11 Å². The summed E-state index contributed by atoms with van der Waals surface area (Å²) in [5.74, 6) is 1.15. The van der Waals surface area contributed by atoms with Gasteiger partial charge in [0.25, 0.3) is 0 Å². The van der Waals surface area contributed by atoms with Crippen molar-refractivity contribution in [3.05, 3.63) is 0 Å². The van der Waals surface area contributed by atoms with Gasteiger partial charge in [-0.2, -0.15) is 0 Å². The van der Waals surface area contributed by atoms with E-state index in [1.54, 1.807) is 0 Å². The fraction of sp³-hybridized carbons (Fsp3) is 1.00. The molecule has 0 radical (unpaired) electrons. The Morgan fingerprint density at radius 3 is 2.27 bits per heavy atom. The molecule has 2 heteroatoms. The molecule has 1 saturated heterocycles. The minimum Gasteiger partial charge on any atom is -0.392 e. The Bertz CT molecular complexity index is 134. The number of nitrogens with zero attached hydrogens (tertiary/aromatic N) is 1. The van der Waals surface area contributed by atoms with Gasteiger partial charge in [0, 0.05) is 13.1 Å². The first-order chi connectivity index (χ1) is 5.27. The standard InChI is InChI=1S/C9H17NO/c1-10-5-7-3-2-4-8(6-10)9(7)11/h7-9,11H,2-6H2,1H3. The van der Waals surface area contributed by atoms with Gasteiger partial charge >= 0.3 is 0 Å². The SMILES string of the molecule is CN1CC2CCCC(C1)C2O. The Balaban J connectivity index is 2.07. The van der Waals surface area contributed by atoms with Crippen LogP contribution in [0.1, 0.15) is 19.3 Å². The minimum atomic E-state index is 0.0138. The van der Waals surface area contributed by atoms with Crippen molar-refractivity contribution >= 4 is 0 Å². The molecule has 0 spiro atoms. The van der Waals surface area contributed by atoms with Crippen molar-refractivity contribution < 1.29 is 5.11 Å². The summed E-state index contributed by atoms with van der Waals surface area (Å²) in [6, 6.07) is 0. The molecule has 2 fully saturated rings. The Morgan fingerprint density at radius 2 is 1.73 bits per heavy atom. The van der Waals surface area contributed by atoms with E-state index in [0.717, 1.165) is 13.1 Å². The van der Waals surface area contributed by atoms with E-state index < -0.39 is 0 Å². The van der Waals surface area contributed by atoms with Crippen LogP contribution in [0.3, 0.4) is 0 Å². The largest absolute Gasteiger partial charge is 0.392 e. The van der Waals surface area contributed by atoms with Crippen LogP contribution in [0.5, 0.6) is 0 Å². The van der Waals surface area contributed by atoms with Crippen LogP contribution in [0.15, 0.2) is 0 Å². The van der Waals surface area contributed by atoms with Crippen LogP contribution in [-0.4, -0.2) is 36.2 Å². The van der Waals surface area contributed by atoms with Gasteiger partial charge in [0.15, 0.2) is 0 Å². The van der Waals surface area contributed by atoms with Crippen molar-refractivity contribution in [2.24, 2.45) is 11.8 Å². The quantitative estimate of drug-likeness (QED) is 0.557. The maximum atomic E-state index is 9.78. The summed E-state index contributed by atoms with van der Waals surface area (Å²) in [5.41, 5.74) is 0. The molecule has 11 heavy (non-hydrogen) atoms. The van der Waals surface area contributed by atoms with E-state index in [2.05, 4.69) is 11.9 Å². The molecule has 0 aromatic carbocycles. The van der Waals surface area contributed by atoms with Gasteiger partial charge in [-0.25, -0.2) is 0 Å². The van der Waals surface area contributed by atoms with Crippen LogP contribution in [-0.2, 0) is 0 Å². The Labute approximate surface area is 68.2 Å². The van der Waals surface area contributed by atoms with Crippen molar-refractivity contribution in [2.45, 2.75) is 25.4 Å². The smallest absolute Gasteiger partial charge is 0.0620 e. The highest BCUT2D eigenvalue weighted by molar-refractivity contribution is 4.89. The molecule has 0 aromatic heterocycles. The summed E-state index contributed by atoms with van der Waals surface area (Å²) in [4.78, 5) is 2.36. The zero-order valence-electron chi connectivity index (χ0n) is 7.16. The molecule has 2 aliphatic rings. The van der Waals surface area contributed by atoms with E-state index in [1.165, 1.54) is 19.3 Å². The number of fused-ring (bicyclic) bond motifs is 2. The first kappa shape index (κ1) is 7.56. The van der Waals surface area contributed by atoms with E-state index in [0.29, 0.717) is 11.8 Å². The van der Waals surface area contributed by atoms with E-state index in [1.807, 2.05) is 0 Å². The van der Waals surface area contributed by atoms with Gasteiger partial charge in [-0.1, -0.05) is 6.42 Å². The van der Waals surface area contributed by atoms with Gasteiger partial charge in [-0.3, -0.25) is 0 Å². The Morgan fingerprint density at radius 1 is 1.18 bits per heavy atom. The number of aliphatic hydroxyl groups excluding tert-OH is 1. The fourth-order valence-corrected chi connectivity index (χ4v) is 2.64. The zero-order valence-corrected chi connectivity index (χ0v) is 7.16. The highest BCUT2D eigenvalue weighted by atomic mass is 16.3. The molecule has 0 aromatic rings. The lowest BCUT2D eigenvalue weighted by Gasteiger charge is -2.43. The van der Waals surface area contributed by atoms with Crippen LogP contribution >= 0.6 is 0 Å². The third-order valence-corrected chi connectivity index (χ3v) is 3.21. The number of aliphatic hydroxyl groups is 1. The molecule has 1 aliphatic carbocycles. The molecule has 0 amide bonds. The minimum absolute atomic E-state index is 0.0138. The van der Waals surface area contributed by atoms with Crippen LogP contribution < -0.4 is 0 Å². The lowest BCUT2D eigenvalue weighted by molar-refractivity contribution is -0.0419. The molecule has 2 nitrogen and oxygen atoms in total. The molecular formula is C9H17NO. The summed E-state index contributed by atoms with van der Waals surface area (Å²) < 4.78 is 0. The molecule has 1 N–H and O–H groups in total. The van der Waals surface area contributed by atoms with Crippen LogP contribution in [0.25, 0.3) is 0 Å². The van der Waals surface area contributed by atoms with Crippen LogP contribution in [0, 0.1) is 11.8 Å². The van der Waals surface area contributed by atoms with Crippen molar-refractivity contribution in [3.63, 3.8) is 0 Å². The van der Waals surface area contributed by atoms with Gasteiger partial charge in [0.2, 0.25) is 0 Å². The topological polar surface area (TPSA) is 23.5 Å². The third-order valence-electron chi connectivity index (χ3n) is 3.21. The summed E-state index contributed by atoms with van der Waals surface area (Å²) in [5, 5.41) is 9.78. The van der Waals surface area contributed by atoms with Crippen molar-refractivity contribution in [1.29, 1.82) is 0 Å². The second-order valence-electron chi connectivity index (χ2n) is 4.16. The fourth-order valence-electron chi connectivity index (χ4n) is 2.64. The van der Waals surface area contributed by atoms with E-state index in [-0.39, 0.29) is 6.10 Å². The first-order valence-corrected chi connectivity index (χ1v) is 4.64. The Hall–Kier alpha value is -0.0800. The average molecular weight is 155 g/mol. The van der Waals surface area contributed by atoms with E-state index >= 15 is 0 Å². The van der Waals surface area contributed by atoms with Crippen LogP contribution in [0.2, 0.25) is 0 Å². The molecule has 2 unspecified atom stereocenters.